The smallest absolute Gasteiger partial charge is 0.0230 e. The van der Waals surface area contributed by atoms with Crippen LogP contribution in [0.3, 0.4) is 0 Å². The summed E-state index contributed by atoms with van der Waals surface area (Å²) in [6.45, 7) is 5.48. The number of hydrogen-bond donors (Lipinski definition) is 1. The first-order chi connectivity index (χ1) is 8.26. The van der Waals surface area contributed by atoms with E-state index in [2.05, 4.69) is 48.5 Å². The standard InChI is InChI=1S/C15H26N2/c1-4-17(3)13-15-10-7-9-14(12-15)8-5-6-11-16-2/h7,9-10,12,16H,4-6,8,11,13H2,1-3H3. The predicted octanol–water partition coefficient (Wildman–Crippen LogP) is 2.68. The van der Waals surface area contributed by atoms with E-state index in [0.717, 1.165) is 19.6 Å². The van der Waals surface area contributed by atoms with Crippen molar-refractivity contribution in [3.8, 4) is 0 Å². The van der Waals surface area contributed by atoms with Gasteiger partial charge in [0.1, 0.15) is 0 Å². The second kappa shape index (κ2) is 8.26. The molecule has 0 amide bonds. The molecule has 0 aliphatic carbocycles. The molecule has 0 saturated carbocycles. The first-order valence-corrected chi connectivity index (χ1v) is 6.67. The van der Waals surface area contributed by atoms with Crippen LogP contribution in [-0.2, 0) is 13.0 Å². The fourth-order valence-corrected chi connectivity index (χ4v) is 1.94. The monoisotopic (exact) mass is 234 g/mol. The van der Waals surface area contributed by atoms with Crippen LogP contribution in [0.2, 0.25) is 0 Å². The van der Waals surface area contributed by atoms with Crippen molar-refractivity contribution in [1.82, 2.24) is 10.2 Å². The van der Waals surface area contributed by atoms with Gasteiger partial charge in [0.15, 0.2) is 0 Å². The van der Waals surface area contributed by atoms with Gasteiger partial charge in [-0.25, -0.2) is 0 Å². The summed E-state index contributed by atoms with van der Waals surface area (Å²) in [5, 5.41) is 3.19. The first kappa shape index (κ1) is 14.2. The summed E-state index contributed by atoms with van der Waals surface area (Å²) in [5.74, 6) is 0. The molecule has 0 unspecified atom stereocenters. The summed E-state index contributed by atoms with van der Waals surface area (Å²) >= 11 is 0. The van der Waals surface area contributed by atoms with E-state index in [-0.39, 0.29) is 0 Å². The second-order valence-electron chi connectivity index (χ2n) is 4.71. The van der Waals surface area contributed by atoms with Crippen molar-refractivity contribution in [2.45, 2.75) is 32.7 Å². The molecule has 0 atom stereocenters. The van der Waals surface area contributed by atoms with Gasteiger partial charge in [0, 0.05) is 6.54 Å². The first-order valence-electron chi connectivity index (χ1n) is 6.67. The van der Waals surface area contributed by atoms with Crippen molar-refractivity contribution in [3.05, 3.63) is 35.4 Å². The van der Waals surface area contributed by atoms with Crippen molar-refractivity contribution < 1.29 is 0 Å². The SMILES string of the molecule is CCN(C)Cc1cccc(CCCCNC)c1. The summed E-state index contributed by atoms with van der Waals surface area (Å²) in [4.78, 5) is 2.33. The molecule has 0 aliphatic rings. The Morgan fingerprint density at radius 3 is 2.65 bits per heavy atom. The summed E-state index contributed by atoms with van der Waals surface area (Å²) in [6.07, 6.45) is 3.73. The summed E-state index contributed by atoms with van der Waals surface area (Å²) in [5.41, 5.74) is 2.91. The van der Waals surface area contributed by atoms with Crippen molar-refractivity contribution in [2.75, 3.05) is 27.2 Å². The topological polar surface area (TPSA) is 15.3 Å². The van der Waals surface area contributed by atoms with Crippen molar-refractivity contribution in [2.24, 2.45) is 0 Å². The molecule has 0 heterocycles. The molecular formula is C15H26N2. The number of benzene rings is 1. The van der Waals surface area contributed by atoms with Crippen LogP contribution in [0.5, 0.6) is 0 Å². The van der Waals surface area contributed by atoms with E-state index in [9.17, 15) is 0 Å². The van der Waals surface area contributed by atoms with E-state index >= 15 is 0 Å². The van der Waals surface area contributed by atoms with Crippen LogP contribution in [0.1, 0.15) is 30.9 Å². The Bertz CT molecular complexity index is 310. The van der Waals surface area contributed by atoms with Gasteiger partial charge in [-0.2, -0.15) is 0 Å². The molecule has 0 radical (unpaired) electrons. The highest BCUT2D eigenvalue weighted by atomic mass is 15.1. The number of unbranched alkanes of at least 4 members (excludes halogenated alkanes) is 1. The lowest BCUT2D eigenvalue weighted by Crippen LogP contribution is -2.16. The fraction of sp³-hybridized carbons (Fsp3) is 0.600. The van der Waals surface area contributed by atoms with E-state index in [1.807, 2.05) is 7.05 Å². The Labute approximate surface area is 106 Å². The second-order valence-corrected chi connectivity index (χ2v) is 4.71. The zero-order chi connectivity index (χ0) is 12.5. The third kappa shape index (κ3) is 5.85. The Morgan fingerprint density at radius 2 is 1.94 bits per heavy atom. The molecule has 0 saturated heterocycles. The molecule has 0 spiro atoms. The molecule has 0 fully saturated rings. The largest absolute Gasteiger partial charge is 0.320 e. The summed E-state index contributed by atoms with van der Waals surface area (Å²) < 4.78 is 0. The maximum Gasteiger partial charge on any atom is 0.0230 e. The number of rotatable bonds is 8. The lowest BCUT2D eigenvalue weighted by atomic mass is 10.0. The minimum atomic E-state index is 1.06. The van der Waals surface area contributed by atoms with E-state index in [4.69, 9.17) is 0 Å². The number of nitrogens with one attached hydrogen (secondary N) is 1. The number of nitrogens with zero attached hydrogens (tertiary/aromatic N) is 1. The summed E-state index contributed by atoms with van der Waals surface area (Å²) in [6, 6.07) is 9.01. The van der Waals surface area contributed by atoms with Gasteiger partial charge in [0.05, 0.1) is 0 Å². The van der Waals surface area contributed by atoms with Crippen LogP contribution in [-0.4, -0.2) is 32.1 Å². The Balaban J connectivity index is 2.42. The highest BCUT2D eigenvalue weighted by Gasteiger charge is 1.99. The Kier molecular flexibility index (Phi) is 6.90. The number of hydrogen-bond acceptors (Lipinski definition) is 2. The van der Waals surface area contributed by atoms with Gasteiger partial charge in [-0.3, -0.25) is 0 Å². The molecule has 2 heteroatoms. The quantitative estimate of drug-likeness (QED) is 0.696. The molecule has 1 aromatic carbocycles. The minimum Gasteiger partial charge on any atom is -0.320 e. The van der Waals surface area contributed by atoms with Crippen LogP contribution in [0, 0.1) is 0 Å². The third-order valence-corrected chi connectivity index (χ3v) is 3.13. The molecule has 96 valence electrons. The van der Waals surface area contributed by atoms with Crippen LogP contribution in [0.25, 0.3) is 0 Å². The lowest BCUT2D eigenvalue weighted by Gasteiger charge is -2.14. The highest BCUT2D eigenvalue weighted by Crippen LogP contribution is 2.10. The molecule has 0 aliphatic heterocycles. The van der Waals surface area contributed by atoms with Crippen molar-refractivity contribution >= 4 is 0 Å². The van der Waals surface area contributed by atoms with Gasteiger partial charge in [-0.05, 0) is 57.6 Å². The van der Waals surface area contributed by atoms with E-state index in [0.29, 0.717) is 0 Å². The lowest BCUT2D eigenvalue weighted by molar-refractivity contribution is 0.345. The molecule has 1 N–H and O–H groups in total. The number of aryl methyl sites for hydroxylation is 1. The van der Waals surface area contributed by atoms with Gasteiger partial charge < -0.3 is 10.2 Å². The van der Waals surface area contributed by atoms with Crippen LogP contribution in [0.4, 0.5) is 0 Å². The van der Waals surface area contributed by atoms with Gasteiger partial charge in [-0.15, -0.1) is 0 Å². The average molecular weight is 234 g/mol. The fourth-order valence-electron chi connectivity index (χ4n) is 1.94. The van der Waals surface area contributed by atoms with Gasteiger partial charge >= 0.3 is 0 Å². The van der Waals surface area contributed by atoms with Crippen LogP contribution < -0.4 is 5.32 Å². The van der Waals surface area contributed by atoms with E-state index in [1.54, 1.807) is 0 Å². The van der Waals surface area contributed by atoms with Crippen LogP contribution >= 0.6 is 0 Å². The van der Waals surface area contributed by atoms with E-state index < -0.39 is 0 Å². The van der Waals surface area contributed by atoms with Gasteiger partial charge in [0.2, 0.25) is 0 Å². The molecule has 0 aromatic heterocycles. The molecule has 2 nitrogen and oxygen atoms in total. The van der Waals surface area contributed by atoms with Crippen LogP contribution in [0.15, 0.2) is 24.3 Å². The van der Waals surface area contributed by atoms with Crippen molar-refractivity contribution in [3.63, 3.8) is 0 Å². The molecule has 1 rings (SSSR count). The van der Waals surface area contributed by atoms with Gasteiger partial charge in [-0.1, -0.05) is 31.2 Å². The average Bonchev–Trinajstić information content (AvgIpc) is 2.35. The predicted molar refractivity (Wildman–Crippen MR) is 75.3 cm³/mol. The molecule has 0 bridgehead atoms. The normalized spacial score (nSPS) is 11.1. The van der Waals surface area contributed by atoms with Gasteiger partial charge in [0.25, 0.3) is 0 Å². The zero-order valence-corrected chi connectivity index (χ0v) is 11.5. The molecular weight excluding hydrogens is 208 g/mol. The summed E-state index contributed by atoms with van der Waals surface area (Å²) in [7, 11) is 4.18. The zero-order valence-electron chi connectivity index (χ0n) is 11.5. The Hall–Kier alpha value is -0.860. The van der Waals surface area contributed by atoms with Crippen molar-refractivity contribution in [1.29, 1.82) is 0 Å². The molecule has 17 heavy (non-hydrogen) atoms. The third-order valence-electron chi connectivity index (χ3n) is 3.13. The maximum atomic E-state index is 3.19. The van der Waals surface area contributed by atoms with E-state index in [1.165, 1.54) is 30.4 Å². The highest BCUT2D eigenvalue weighted by molar-refractivity contribution is 5.23. The molecule has 1 aromatic rings. The minimum absolute atomic E-state index is 1.06. The Morgan fingerprint density at radius 1 is 1.18 bits per heavy atom. The maximum absolute atomic E-state index is 3.19.